The number of aromatic amines is 1. The number of H-pyrrole nitrogens is 1. The number of nitrogens with one attached hydrogen (secondary N) is 1. The summed E-state index contributed by atoms with van der Waals surface area (Å²) in [6.45, 7) is 3.27. The van der Waals surface area contributed by atoms with Gasteiger partial charge in [0.25, 0.3) is 5.82 Å². The first-order chi connectivity index (χ1) is 7.88. The summed E-state index contributed by atoms with van der Waals surface area (Å²) in [6.07, 6.45) is 7.89. The second kappa shape index (κ2) is 8.23. The van der Waals surface area contributed by atoms with Gasteiger partial charge in [-0.25, -0.2) is 9.55 Å². The van der Waals surface area contributed by atoms with Crippen molar-refractivity contribution in [1.82, 2.24) is 4.98 Å². The molecule has 0 saturated heterocycles. The fraction of sp³-hybridized carbons (Fsp3) is 0.667. The van der Waals surface area contributed by atoms with E-state index in [4.69, 9.17) is 5.26 Å². The molecule has 16 heavy (non-hydrogen) atoms. The lowest BCUT2D eigenvalue weighted by Crippen LogP contribution is -2.36. The number of aromatic nitrogens is 2. The van der Waals surface area contributed by atoms with Crippen LogP contribution in [0.15, 0.2) is 12.4 Å². The van der Waals surface area contributed by atoms with E-state index in [9.17, 15) is 0 Å². The van der Waals surface area contributed by atoms with Gasteiger partial charge in [0.2, 0.25) is 0 Å². The molecule has 0 aromatic carbocycles. The van der Waals surface area contributed by atoms with Crippen molar-refractivity contribution in [3.8, 4) is 6.07 Å². The first-order valence-electron chi connectivity index (χ1n) is 5.89. The molecule has 0 atom stereocenters. The fourth-order valence-electron chi connectivity index (χ4n) is 1.58. The van der Waals surface area contributed by atoms with Crippen LogP contribution in [0.4, 0.5) is 0 Å². The van der Waals surface area contributed by atoms with Gasteiger partial charge in [0.15, 0.2) is 0 Å². The predicted molar refractivity (Wildman–Crippen MR) is 67.2 cm³/mol. The number of nitriles is 1. The van der Waals surface area contributed by atoms with Crippen molar-refractivity contribution < 1.29 is 4.57 Å². The number of aryl methyl sites for hydroxylation is 2. The molecular formula is C12H20N3S+. The minimum atomic E-state index is 0.588. The monoisotopic (exact) mass is 238 g/mol. The number of thioether (sulfide) groups is 1. The molecule has 0 unspecified atom stereocenters. The minimum absolute atomic E-state index is 0.588. The molecule has 0 bridgehead atoms. The molecule has 0 saturated carbocycles. The average molecular weight is 238 g/mol. The molecule has 3 nitrogen and oxygen atoms in total. The maximum Gasteiger partial charge on any atom is 0.255 e. The lowest BCUT2D eigenvalue weighted by Gasteiger charge is -2.00. The average Bonchev–Trinajstić information content (AvgIpc) is 2.74. The second-order valence-corrected chi connectivity index (χ2v) is 4.95. The Balaban J connectivity index is 2.25. The zero-order valence-corrected chi connectivity index (χ0v) is 10.7. The largest absolute Gasteiger partial charge is 0.255 e. The van der Waals surface area contributed by atoms with E-state index in [1.54, 1.807) is 0 Å². The van der Waals surface area contributed by atoms with Crippen LogP contribution in [-0.2, 0) is 13.0 Å². The number of hydrogen-bond acceptors (Lipinski definition) is 2. The zero-order valence-electron chi connectivity index (χ0n) is 9.91. The van der Waals surface area contributed by atoms with Gasteiger partial charge in [0, 0.05) is 6.42 Å². The number of hydrogen-bond donors (Lipinski definition) is 1. The first kappa shape index (κ1) is 13.1. The highest BCUT2D eigenvalue weighted by Crippen LogP contribution is 2.04. The van der Waals surface area contributed by atoms with Gasteiger partial charge in [-0.05, 0) is 24.3 Å². The Hall–Kier alpha value is -0.950. The van der Waals surface area contributed by atoms with E-state index in [2.05, 4.69) is 28.7 Å². The van der Waals surface area contributed by atoms with Crippen LogP contribution in [-0.4, -0.2) is 16.5 Å². The Kier molecular flexibility index (Phi) is 6.75. The van der Waals surface area contributed by atoms with Gasteiger partial charge in [-0.1, -0.05) is 6.92 Å². The maximum absolute atomic E-state index is 8.55. The van der Waals surface area contributed by atoms with Crippen LogP contribution in [0.2, 0.25) is 0 Å². The smallest absolute Gasteiger partial charge is 0.248 e. The molecule has 0 aliphatic heterocycles. The standard InChI is InChI=1S/C12H19N3S/c1-2-10-16-11-4-8-15-9-7-14-12(15)5-3-6-13/h7,9H,2-5,8,10-11H2,1H3/p+1. The van der Waals surface area contributed by atoms with E-state index in [1.807, 2.05) is 18.0 Å². The van der Waals surface area contributed by atoms with E-state index >= 15 is 0 Å². The molecule has 0 aliphatic rings. The van der Waals surface area contributed by atoms with Crippen LogP contribution in [0, 0.1) is 11.3 Å². The molecule has 1 heterocycles. The molecule has 0 aliphatic carbocycles. The Morgan fingerprint density at radius 2 is 2.38 bits per heavy atom. The molecule has 0 amide bonds. The summed E-state index contributed by atoms with van der Waals surface area (Å²) in [5.74, 6) is 3.66. The molecule has 1 rings (SSSR count). The summed E-state index contributed by atoms with van der Waals surface area (Å²) in [7, 11) is 0. The lowest BCUT2D eigenvalue weighted by molar-refractivity contribution is -0.702. The number of nitrogens with zero attached hydrogens (tertiary/aromatic N) is 2. The molecular weight excluding hydrogens is 218 g/mol. The molecule has 0 fully saturated rings. The van der Waals surface area contributed by atoms with Crippen molar-refractivity contribution in [2.75, 3.05) is 11.5 Å². The van der Waals surface area contributed by atoms with Crippen LogP contribution in [0.1, 0.15) is 32.0 Å². The summed E-state index contributed by atoms with van der Waals surface area (Å²) in [6, 6.07) is 2.18. The molecule has 1 aromatic rings. The molecule has 0 radical (unpaired) electrons. The van der Waals surface area contributed by atoms with Crippen LogP contribution in [0.3, 0.4) is 0 Å². The molecule has 88 valence electrons. The van der Waals surface area contributed by atoms with Gasteiger partial charge in [-0.15, -0.1) is 0 Å². The van der Waals surface area contributed by atoms with Gasteiger partial charge in [0.1, 0.15) is 12.4 Å². The topological polar surface area (TPSA) is 43.5 Å². The first-order valence-corrected chi connectivity index (χ1v) is 7.04. The summed E-state index contributed by atoms with van der Waals surface area (Å²) < 4.78 is 2.23. The third kappa shape index (κ3) is 4.71. The van der Waals surface area contributed by atoms with Crippen molar-refractivity contribution in [1.29, 1.82) is 5.26 Å². The Morgan fingerprint density at radius 1 is 1.50 bits per heavy atom. The molecule has 4 heteroatoms. The lowest BCUT2D eigenvalue weighted by atomic mass is 10.3. The second-order valence-electron chi connectivity index (χ2n) is 3.72. The van der Waals surface area contributed by atoms with Gasteiger partial charge in [-0.3, -0.25) is 0 Å². The third-order valence-electron chi connectivity index (χ3n) is 2.36. The number of imidazole rings is 1. The highest BCUT2D eigenvalue weighted by atomic mass is 32.2. The van der Waals surface area contributed by atoms with E-state index < -0.39 is 0 Å². The summed E-state index contributed by atoms with van der Waals surface area (Å²) in [5, 5.41) is 8.55. The van der Waals surface area contributed by atoms with E-state index in [-0.39, 0.29) is 0 Å². The highest BCUT2D eigenvalue weighted by Gasteiger charge is 2.08. The van der Waals surface area contributed by atoms with Gasteiger partial charge >= 0.3 is 0 Å². The Bertz CT molecular complexity index is 327. The summed E-state index contributed by atoms with van der Waals surface area (Å²) in [4.78, 5) is 3.20. The van der Waals surface area contributed by atoms with Crippen LogP contribution in [0.5, 0.6) is 0 Å². The van der Waals surface area contributed by atoms with Crippen LogP contribution in [0.25, 0.3) is 0 Å². The molecule has 0 spiro atoms. The minimum Gasteiger partial charge on any atom is -0.248 e. The summed E-state index contributed by atoms with van der Waals surface area (Å²) >= 11 is 2.02. The maximum atomic E-state index is 8.55. The van der Waals surface area contributed by atoms with Gasteiger partial charge in [0.05, 0.1) is 19.0 Å². The SMILES string of the molecule is CCCSCCC[n+]1cc[nH]c1CCC#N. The molecule has 1 N–H and O–H groups in total. The normalized spacial score (nSPS) is 10.2. The molecule has 1 aromatic heterocycles. The Labute approximate surface area is 102 Å². The van der Waals surface area contributed by atoms with Gasteiger partial charge in [-0.2, -0.15) is 17.0 Å². The Morgan fingerprint density at radius 3 is 3.12 bits per heavy atom. The zero-order chi connectivity index (χ0) is 11.6. The number of rotatable bonds is 8. The van der Waals surface area contributed by atoms with Crippen molar-refractivity contribution in [3.63, 3.8) is 0 Å². The van der Waals surface area contributed by atoms with E-state index in [0.29, 0.717) is 6.42 Å². The van der Waals surface area contributed by atoms with Crippen molar-refractivity contribution in [2.45, 2.75) is 39.2 Å². The quantitative estimate of drug-likeness (QED) is 0.558. The van der Waals surface area contributed by atoms with Crippen LogP contribution >= 0.6 is 11.8 Å². The van der Waals surface area contributed by atoms with Crippen LogP contribution < -0.4 is 4.57 Å². The van der Waals surface area contributed by atoms with E-state index in [0.717, 1.165) is 13.0 Å². The summed E-state index contributed by atoms with van der Waals surface area (Å²) in [5.41, 5.74) is 0. The van der Waals surface area contributed by atoms with Crippen molar-refractivity contribution in [2.24, 2.45) is 0 Å². The van der Waals surface area contributed by atoms with Gasteiger partial charge < -0.3 is 0 Å². The third-order valence-corrected chi connectivity index (χ3v) is 3.64. The highest BCUT2D eigenvalue weighted by molar-refractivity contribution is 7.99. The fourth-order valence-corrected chi connectivity index (χ4v) is 2.41. The van der Waals surface area contributed by atoms with E-state index in [1.165, 1.54) is 30.2 Å². The van der Waals surface area contributed by atoms with Crippen molar-refractivity contribution in [3.05, 3.63) is 18.2 Å². The predicted octanol–water partition coefficient (Wildman–Crippen LogP) is 2.29. The van der Waals surface area contributed by atoms with Crippen molar-refractivity contribution >= 4 is 11.8 Å².